The van der Waals surface area contributed by atoms with E-state index in [4.69, 9.17) is 18.9 Å². The summed E-state index contributed by atoms with van der Waals surface area (Å²) in [6.07, 6.45) is 0.656. The first kappa shape index (κ1) is 38.9. The third kappa shape index (κ3) is 9.00. The summed E-state index contributed by atoms with van der Waals surface area (Å²) in [5, 5.41) is 8.43. The van der Waals surface area contributed by atoms with Gasteiger partial charge < -0.3 is 39.8 Å². The van der Waals surface area contributed by atoms with Crippen molar-refractivity contribution in [1.29, 1.82) is 0 Å². The molecule has 284 valence electrons. The Labute approximate surface area is 308 Å². The molecule has 3 aromatic carbocycles. The van der Waals surface area contributed by atoms with Crippen molar-refractivity contribution in [2.24, 2.45) is 5.92 Å². The number of hydrogen-bond acceptors (Lipinski definition) is 10. The molecule has 0 fully saturated rings. The van der Waals surface area contributed by atoms with Crippen molar-refractivity contribution < 1.29 is 46.5 Å². The number of sulfonamides is 1. The minimum Gasteiger partial charge on any atom is -0.496 e. The number of carbonyl (C=O) groups is 4. The number of benzene rings is 3. The van der Waals surface area contributed by atoms with Crippen molar-refractivity contribution >= 4 is 39.3 Å². The summed E-state index contributed by atoms with van der Waals surface area (Å²) >= 11 is 0. The number of hydrogen-bond donors (Lipinski definition) is 3. The molecule has 4 amide bonds. The Hall–Kier alpha value is -5.35. The van der Waals surface area contributed by atoms with Crippen LogP contribution in [0.2, 0.25) is 0 Å². The van der Waals surface area contributed by atoms with Crippen molar-refractivity contribution in [2.75, 3.05) is 51.9 Å². The van der Waals surface area contributed by atoms with Gasteiger partial charge in [-0.05, 0) is 67.3 Å². The molecule has 0 aliphatic carbocycles. The average Bonchev–Trinajstić information content (AvgIpc) is 3.14. The summed E-state index contributed by atoms with van der Waals surface area (Å²) in [6, 6.07) is 13.1. The van der Waals surface area contributed by atoms with Gasteiger partial charge in [0.05, 0.1) is 50.0 Å². The van der Waals surface area contributed by atoms with E-state index in [2.05, 4.69) is 16.0 Å². The molecule has 0 unspecified atom stereocenters. The van der Waals surface area contributed by atoms with Crippen LogP contribution in [0.5, 0.6) is 28.7 Å². The fourth-order valence-corrected chi connectivity index (χ4v) is 7.51. The molecule has 15 nitrogen and oxygen atoms in total. The van der Waals surface area contributed by atoms with Crippen LogP contribution < -0.4 is 39.8 Å². The number of carbonyl (C=O) groups excluding carboxylic acids is 4. The highest BCUT2D eigenvalue weighted by Crippen LogP contribution is 2.37. The van der Waals surface area contributed by atoms with E-state index in [9.17, 15) is 27.6 Å². The van der Waals surface area contributed by atoms with Crippen molar-refractivity contribution in [1.82, 2.24) is 20.3 Å². The number of fused-ring (bicyclic) bond motifs is 4. The second-order valence-electron chi connectivity index (χ2n) is 12.9. The molecule has 0 spiro atoms. The van der Waals surface area contributed by atoms with E-state index < -0.39 is 34.4 Å². The van der Waals surface area contributed by atoms with E-state index in [-0.39, 0.29) is 67.6 Å². The van der Waals surface area contributed by atoms with Crippen molar-refractivity contribution in [3.8, 4) is 28.7 Å². The first-order valence-corrected chi connectivity index (χ1v) is 18.7. The summed E-state index contributed by atoms with van der Waals surface area (Å²) in [5.74, 6) is -0.491. The summed E-state index contributed by atoms with van der Waals surface area (Å²) in [4.78, 5) is 54.1. The third-order valence-electron chi connectivity index (χ3n) is 8.91. The molecule has 0 aromatic heterocycles. The zero-order valence-electron chi connectivity index (χ0n) is 30.4. The Kier molecular flexibility index (Phi) is 12.5. The van der Waals surface area contributed by atoms with Crippen molar-refractivity contribution in [2.45, 2.75) is 51.1 Å². The van der Waals surface area contributed by atoms with Crippen LogP contribution in [-0.2, 0) is 31.0 Å². The first-order valence-electron chi connectivity index (χ1n) is 17.3. The molecule has 2 bridgehead atoms. The van der Waals surface area contributed by atoms with Gasteiger partial charge in [0.1, 0.15) is 29.9 Å². The van der Waals surface area contributed by atoms with Crippen LogP contribution in [0, 0.1) is 5.92 Å². The van der Waals surface area contributed by atoms with Gasteiger partial charge >= 0.3 is 0 Å². The van der Waals surface area contributed by atoms with Gasteiger partial charge in [0.2, 0.25) is 27.7 Å². The molecule has 3 N–H and O–H groups in total. The molecular weight excluding hydrogens is 706 g/mol. The fourth-order valence-electron chi connectivity index (χ4n) is 6.06. The normalized spacial score (nSPS) is 17.9. The monoisotopic (exact) mass is 751 g/mol. The lowest BCUT2D eigenvalue weighted by atomic mass is 10.0. The predicted molar refractivity (Wildman–Crippen MR) is 195 cm³/mol. The van der Waals surface area contributed by atoms with Crippen LogP contribution >= 0.6 is 0 Å². The van der Waals surface area contributed by atoms with E-state index in [1.54, 1.807) is 50.2 Å². The topological polar surface area (TPSA) is 182 Å². The number of anilines is 1. The molecule has 2 aliphatic heterocycles. The second kappa shape index (κ2) is 17.0. The van der Waals surface area contributed by atoms with Crippen LogP contribution in [0.4, 0.5) is 5.69 Å². The van der Waals surface area contributed by atoms with Gasteiger partial charge in [-0.1, -0.05) is 19.9 Å². The molecule has 2 heterocycles. The standard InChI is InChI=1S/C37H45N5O10S/c1-23(2)35-37(46)39-21-27-29(49-4)9-8-10-30(27)52-33-19-25(11-13-32(33)50-5)36(45)38-15-6-7-16-41(22-34(44)40-35)53(47,48)26-12-14-31-28(20-26)42(24(3)43)17-18-51-31/h8-14,19-20,23,35H,6-7,15-18,21-22H2,1-5H3,(H,38,45)(H,39,46)(H,40,44)/t35-/m1/s1. The summed E-state index contributed by atoms with van der Waals surface area (Å²) in [7, 11) is -1.35. The van der Waals surface area contributed by atoms with Gasteiger partial charge in [-0.15, -0.1) is 0 Å². The van der Waals surface area contributed by atoms with Gasteiger partial charge in [-0.3, -0.25) is 19.2 Å². The van der Waals surface area contributed by atoms with Crippen LogP contribution in [-0.4, -0.2) is 89.4 Å². The molecule has 3 aromatic rings. The average molecular weight is 752 g/mol. The molecule has 2 aliphatic rings. The lowest BCUT2D eigenvalue weighted by molar-refractivity contribution is -0.130. The molecule has 0 saturated carbocycles. The van der Waals surface area contributed by atoms with Crippen LogP contribution in [0.1, 0.15) is 49.5 Å². The minimum atomic E-state index is -4.31. The molecule has 53 heavy (non-hydrogen) atoms. The van der Waals surface area contributed by atoms with E-state index >= 15 is 0 Å². The summed E-state index contributed by atoms with van der Waals surface area (Å²) in [6.45, 7) is 4.91. The highest BCUT2D eigenvalue weighted by molar-refractivity contribution is 7.89. The van der Waals surface area contributed by atoms with Gasteiger partial charge in [0.25, 0.3) is 5.91 Å². The van der Waals surface area contributed by atoms with Gasteiger partial charge in [0.15, 0.2) is 11.5 Å². The fraction of sp³-hybridized carbons (Fsp3) is 0.405. The van der Waals surface area contributed by atoms with Crippen molar-refractivity contribution in [3.05, 3.63) is 65.7 Å². The van der Waals surface area contributed by atoms with Gasteiger partial charge in [-0.2, -0.15) is 4.31 Å². The molecule has 5 rings (SSSR count). The highest BCUT2D eigenvalue weighted by Gasteiger charge is 2.32. The lowest BCUT2D eigenvalue weighted by Crippen LogP contribution is -2.52. The zero-order valence-corrected chi connectivity index (χ0v) is 31.2. The Bertz CT molecular complexity index is 1970. The Balaban J connectivity index is 1.48. The summed E-state index contributed by atoms with van der Waals surface area (Å²) in [5.41, 5.74) is 1.09. The number of methoxy groups -OCH3 is 2. The molecule has 0 saturated heterocycles. The second-order valence-corrected chi connectivity index (χ2v) is 14.8. The van der Waals surface area contributed by atoms with Crippen LogP contribution in [0.15, 0.2) is 59.5 Å². The zero-order chi connectivity index (χ0) is 38.3. The highest BCUT2D eigenvalue weighted by atomic mass is 32.2. The van der Waals surface area contributed by atoms with E-state index in [0.717, 1.165) is 4.31 Å². The van der Waals surface area contributed by atoms with Gasteiger partial charge in [-0.25, -0.2) is 8.42 Å². The number of rotatable bonds is 5. The lowest BCUT2D eigenvalue weighted by Gasteiger charge is -2.30. The maximum Gasteiger partial charge on any atom is 0.251 e. The summed E-state index contributed by atoms with van der Waals surface area (Å²) < 4.78 is 52.4. The molecule has 0 radical (unpaired) electrons. The Morgan fingerprint density at radius 3 is 2.40 bits per heavy atom. The Morgan fingerprint density at radius 1 is 0.906 bits per heavy atom. The molecular formula is C37H45N5O10S. The number of nitrogens with zero attached hydrogens (tertiary/aromatic N) is 2. The maximum atomic E-state index is 14.2. The largest absolute Gasteiger partial charge is 0.496 e. The quantitative estimate of drug-likeness (QED) is 0.350. The van der Waals surface area contributed by atoms with Crippen molar-refractivity contribution in [3.63, 3.8) is 0 Å². The smallest absolute Gasteiger partial charge is 0.251 e. The SMILES string of the molecule is COc1ccc2cc1Oc1cccc(OC)c1CNC(=O)[C@@H](C(C)C)NC(=O)CN(S(=O)(=O)c1ccc3c(c1)N(C(C)=O)CCO3)CCCCNC2=O. The number of amides is 4. The number of ether oxygens (including phenoxy) is 4. The Morgan fingerprint density at radius 2 is 1.68 bits per heavy atom. The van der Waals surface area contributed by atoms with E-state index in [1.807, 2.05) is 0 Å². The number of nitrogens with one attached hydrogen (secondary N) is 3. The van der Waals surface area contributed by atoms with E-state index in [0.29, 0.717) is 46.2 Å². The molecule has 1 atom stereocenters. The maximum absolute atomic E-state index is 14.2. The van der Waals surface area contributed by atoms with E-state index in [1.165, 1.54) is 44.2 Å². The van der Waals surface area contributed by atoms with Crippen LogP contribution in [0.3, 0.4) is 0 Å². The third-order valence-corrected chi connectivity index (χ3v) is 10.8. The molecule has 16 heteroatoms. The first-order chi connectivity index (χ1) is 25.3. The van der Waals surface area contributed by atoms with Gasteiger partial charge in [0, 0.05) is 25.6 Å². The predicted octanol–water partition coefficient (Wildman–Crippen LogP) is 3.21. The van der Waals surface area contributed by atoms with Crippen LogP contribution in [0.25, 0.3) is 0 Å². The minimum absolute atomic E-state index is 0.0560.